The molecule has 0 amide bonds. The van der Waals surface area contributed by atoms with Crippen LogP contribution in [0.15, 0.2) is 34.9 Å². The molecule has 33 heavy (non-hydrogen) atoms. The van der Waals surface area contributed by atoms with E-state index >= 15 is 0 Å². The molecule has 4 aliphatic carbocycles. The number of allylic oxidation sites excluding steroid dienone is 2. The van der Waals surface area contributed by atoms with Crippen molar-refractivity contribution in [3.8, 4) is 0 Å². The zero-order chi connectivity index (χ0) is 23.5. The minimum Gasteiger partial charge on any atom is -0.389 e. The lowest BCUT2D eigenvalue weighted by molar-refractivity contribution is 0.111. The van der Waals surface area contributed by atoms with Gasteiger partial charge in [0.25, 0.3) is 0 Å². The molecule has 3 nitrogen and oxygen atoms in total. The highest BCUT2D eigenvalue weighted by Gasteiger charge is 2.51. The molecule has 1 heterocycles. The first-order valence-corrected chi connectivity index (χ1v) is 15.3. The summed E-state index contributed by atoms with van der Waals surface area (Å²) in [6, 6.07) is 0. The fourth-order valence-electron chi connectivity index (χ4n) is 8.27. The van der Waals surface area contributed by atoms with E-state index in [1.54, 1.807) is 0 Å². The molecule has 1 aliphatic heterocycles. The van der Waals surface area contributed by atoms with E-state index in [9.17, 15) is 13.5 Å². The maximum atomic E-state index is 13.3. The molecule has 0 aromatic rings. The third-order valence-electron chi connectivity index (χ3n) is 10.2. The van der Waals surface area contributed by atoms with E-state index < -0.39 is 9.84 Å². The monoisotopic (exact) mass is 472 g/mol. The summed E-state index contributed by atoms with van der Waals surface area (Å²) in [5.74, 6) is 3.35. The first kappa shape index (κ1) is 23.9. The minimum atomic E-state index is -3.11. The van der Waals surface area contributed by atoms with Crippen molar-refractivity contribution in [2.24, 2.45) is 40.9 Å². The van der Waals surface area contributed by atoms with E-state index in [1.165, 1.54) is 42.4 Å². The van der Waals surface area contributed by atoms with Gasteiger partial charge in [0.1, 0.15) is 5.25 Å². The highest BCUT2D eigenvalue weighted by Crippen LogP contribution is 2.60. The van der Waals surface area contributed by atoms with E-state index in [1.807, 2.05) is 0 Å². The van der Waals surface area contributed by atoms with Gasteiger partial charge in [-0.1, -0.05) is 57.1 Å². The topological polar surface area (TPSA) is 54.4 Å². The molecule has 0 spiro atoms. The number of fused-ring (bicyclic) bond motifs is 1. The van der Waals surface area contributed by atoms with E-state index in [-0.39, 0.29) is 16.8 Å². The molecule has 3 fully saturated rings. The van der Waals surface area contributed by atoms with Crippen LogP contribution in [-0.2, 0) is 9.84 Å². The van der Waals surface area contributed by atoms with Gasteiger partial charge in [0, 0.05) is 0 Å². The highest BCUT2D eigenvalue weighted by atomic mass is 32.2. The summed E-state index contributed by atoms with van der Waals surface area (Å²) in [5.41, 5.74) is 4.17. The van der Waals surface area contributed by atoms with Crippen LogP contribution in [-0.4, -0.2) is 30.6 Å². The van der Waals surface area contributed by atoms with E-state index in [2.05, 4.69) is 45.9 Å². The summed E-state index contributed by atoms with van der Waals surface area (Å²) in [7, 11) is -3.11. The molecule has 4 heteroatoms. The Balaban J connectivity index is 1.39. The summed E-state index contributed by atoms with van der Waals surface area (Å²) in [5, 5.41) is 9.94. The number of rotatable bonds is 5. The Kier molecular flexibility index (Phi) is 6.26. The fraction of sp³-hybridized carbons (Fsp3) is 0.793. The van der Waals surface area contributed by atoms with E-state index in [0.29, 0.717) is 41.3 Å². The Hall–Kier alpha value is -0.870. The molecule has 3 saturated carbocycles. The van der Waals surface area contributed by atoms with Gasteiger partial charge in [-0.25, -0.2) is 8.42 Å². The molecule has 0 saturated heterocycles. The van der Waals surface area contributed by atoms with Crippen LogP contribution in [0.4, 0.5) is 0 Å². The number of hydrogen-bond donors (Lipinski definition) is 1. The van der Waals surface area contributed by atoms with Gasteiger partial charge in [-0.3, -0.25) is 0 Å². The fourth-order valence-corrected chi connectivity index (χ4v) is 10.4. The van der Waals surface area contributed by atoms with Crippen LogP contribution in [0.25, 0.3) is 0 Å². The molecule has 5 aliphatic rings. The van der Waals surface area contributed by atoms with Crippen molar-refractivity contribution in [1.29, 1.82) is 0 Å². The maximum Gasteiger partial charge on any atom is 0.164 e. The Morgan fingerprint density at radius 3 is 2.58 bits per heavy atom. The third kappa shape index (κ3) is 4.33. The van der Waals surface area contributed by atoms with E-state index in [0.717, 1.165) is 32.1 Å². The number of sulfone groups is 1. The van der Waals surface area contributed by atoms with Crippen LogP contribution >= 0.6 is 0 Å². The standard InChI is InChI=1S/C29H44O3S/c1-18-14-20(3)24-17-33(31,32)28(23(24)15-18)16-22-6-5-13-29(4)25(10-11-26(22)29)19(2)7-12-27(30)21-8-9-21/h7,12,16,18-21,25-28,30H,5-6,8-11,13-15,17H2,1-4H3/b12-7+,22-16+/t18-,19+,20-,25?,26-,27+,28-,29+/m0/s1. The third-order valence-corrected chi connectivity index (χ3v) is 12.1. The van der Waals surface area contributed by atoms with Gasteiger partial charge in [0.2, 0.25) is 0 Å². The molecule has 0 radical (unpaired) electrons. The molecular formula is C29H44O3S. The lowest BCUT2D eigenvalue weighted by Gasteiger charge is -2.44. The molecule has 0 bridgehead atoms. The molecular weight excluding hydrogens is 428 g/mol. The normalized spacial score (nSPS) is 43.7. The lowest BCUT2D eigenvalue weighted by Crippen LogP contribution is -2.36. The number of aliphatic hydroxyl groups is 1. The Labute approximate surface area is 201 Å². The summed E-state index contributed by atoms with van der Waals surface area (Å²) in [6.45, 7) is 9.31. The predicted molar refractivity (Wildman–Crippen MR) is 135 cm³/mol. The van der Waals surface area contributed by atoms with Crippen molar-refractivity contribution < 1.29 is 13.5 Å². The van der Waals surface area contributed by atoms with Crippen LogP contribution in [0, 0.1) is 40.9 Å². The second-order valence-corrected chi connectivity index (χ2v) is 14.8. The smallest absolute Gasteiger partial charge is 0.164 e. The van der Waals surface area contributed by atoms with Crippen LogP contribution in [0.2, 0.25) is 0 Å². The van der Waals surface area contributed by atoms with Gasteiger partial charge < -0.3 is 5.11 Å². The number of aliphatic hydroxyl groups excluding tert-OH is 1. The summed E-state index contributed by atoms with van der Waals surface area (Å²) in [6.07, 6.45) is 16.6. The molecule has 0 aromatic heterocycles. The van der Waals surface area contributed by atoms with Gasteiger partial charge in [-0.2, -0.15) is 0 Å². The zero-order valence-corrected chi connectivity index (χ0v) is 21.9. The van der Waals surface area contributed by atoms with Gasteiger partial charge >= 0.3 is 0 Å². The second kappa shape index (κ2) is 8.66. The van der Waals surface area contributed by atoms with Crippen LogP contribution in [0.3, 0.4) is 0 Å². The van der Waals surface area contributed by atoms with Gasteiger partial charge in [-0.15, -0.1) is 0 Å². The minimum absolute atomic E-state index is 0.241. The second-order valence-electron chi connectivity index (χ2n) is 12.6. The largest absolute Gasteiger partial charge is 0.389 e. The van der Waals surface area contributed by atoms with Gasteiger partial charge in [0.05, 0.1) is 11.9 Å². The molecule has 1 unspecified atom stereocenters. The molecule has 0 aromatic carbocycles. The molecule has 1 N–H and O–H groups in total. The zero-order valence-electron chi connectivity index (χ0n) is 21.1. The van der Waals surface area contributed by atoms with Gasteiger partial charge in [0.15, 0.2) is 9.84 Å². The molecule has 5 rings (SSSR count). The van der Waals surface area contributed by atoms with Crippen molar-refractivity contribution >= 4 is 9.84 Å². The lowest BCUT2D eigenvalue weighted by atomic mass is 9.61. The Morgan fingerprint density at radius 1 is 1.09 bits per heavy atom. The predicted octanol–water partition coefficient (Wildman–Crippen LogP) is 6.25. The first-order chi connectivity index (χ1) is 15.6. The molecule has 8 atom stereocenters. The van der Waals surface area contributed by atoms with Crippen molar-refractivity contribution in [1.82, 2.24) is 0 Å². The van der Waals surface area contributed by atoms with Crippen molar-refractivity contribution in [3.05, 3.63) is 34.9 Å². The Morgan fingerprint density at radius 2 is 1.85 bits per heavy atom. The quantitative estimate of drug-likeness (QED) is 0.481. The summed E-state index contributed by atoms with van der Waals surface area (Å²) >= 11 is 0. The van der Waals surface area contributed by atoms with Crippen molar-refractivity contribution in [2.45, 2.75) is 96.8 Å². The average molecular weight is 473 g/mol. The SMILES string of the molecule is C[C@@H]1CC2=C(CS(=O)(=O)[C@H]2/C=C2\CCC[C@]3(C)C([C@H](C)/C=C/[C@@H](O)C4CC4)CC[C@@H]23)[C@@H](C)C1. The number of hydrogen-bond acceptors (Lipinski definition) is 3. The summed E-state index contributed by atoms with van der Waals surface area (Å²) in [4.78, 5) is 0. The average Bonchev–Trinajstić information content (AvgIpc) is 3.48. The van der Waals surface area contributed by atoms with Crippen molar-refractivity contribution in [2.75, 3.05) is 5.75 Å². The van der Waals surface area contributed by atoms with Crippen molar-refractivity contribution in [3.63, 3.8) is 0 Å². The van der Waals surface area contributed by atoms with Crippen LogP contribution < -0.4 is 0 Å². The molecule has 184 valence electrons. The summed E-state index contributed by atoms with van der Waals surface area (Å²) < 4.78 is 26.6. The van der Waals surface area contributed by atoms with Gasteiger partial charge in [-0.05, 0) is 104 Å². The highest BCUT2D eigenvalue weighted by molar-refractivity contribution is 7.92. The Bertz CT molecular complexity index is 969. The van der Waals surface area contributed by atoms with Crippen LogP contribution in [0.1, 0.15) is 85.5 Å². The van der Waals surface area contributed by atoms with E-state index in [4.69, 9.17) is 0 Å². The maximum absolute atomic E-state index is 13.3. The first-order valence-electron chi connectivity index (χ1n) is 13.6. The van der Waals surface area contributed by atoms with Crippen LogP contribution in [0.5, 0.6) is 0 Å².